The van der Waals surface area contributed by atoms with Gasteiger partial charge in [-0.1, -0.05) is 20.3 Å². The first-order valence-electron chi connectivity index (χ1n) is 11.9. The van der Waals surface area contributed by atoms with Gasteiger partial charge in [-0.2, -0.15) is 0 Å². The van der Waals surface area contributed by atoms with Crippen LogP contribution >= 0.6 is 0 Å². The molecule has 1 saturated heterocycles. The predicted octanol–water partition coefficient (Wildman–Crippen LogP) is 5.11. The summed E-state index contributed by atoms with van der Waals surface area (Å²) in [7, 11) is 0. The SMILES string of the molecule is CCO[C@]1(C(=O)Nc2ccc(OCCCN3CCC[C@H](C)C3)cc2)CCC[C@@H](C)C1. The maximum Gasteiger partial charge on any atom is 0.256 e. The van der Waals surface area contributed by atoms with Gasteiger partial charge in [0.05, 0.1) is 6.61 Å². The van der Waals surface area contributed by atoms with Gasteiger partial charge in [0.2, 0.25) is 0 Å². The van der Waals surface area contributed by atoms with E-state index in [-0.39, 0.29) is 5.91 Å². The van der Waals surface area contributed by atoms with E-state index in [0.29, 0.717) is 12.5 Å². The Morgan fingerprint density at radius 1 is 1.17 bits per heavy atom. The van der Waals surface area contributed by atoms with Gasteiger partial charge in [-0.05, 0) is 88.1 Å². The summed E-state index contributed by atoms with van der Waals surface area (Å²) in [4.78, 5) is 15.6. The Morgan fingerprint density at radius 3 is 2.63 bits per heavy atom. The minimum atomic E-state index is -0.687. The summed E-state index contributed by atoms with van der Waals surface area (Å²) < 4.78 is 11.9. The first kappa shape index (κ1) is 23.1. The molecule has 0 spiro atoms. The van der Waals surface area contributed by atoms with E-state index >= 15 is 0 Å². The summed E-state index contributed by atoms with van der Waals surface area (Å²) >= 11 is 0. The van der Waals surface area contributed by atoms with Crippen LogP contribution in [0.3, 0.4) is 0 Å². The number of anilines is 1. The highest BCUT2D eigenvalue weighted by atomic mass is 16.5. The summed E-state index contributed by atoms with van der Waals surface area (Å²) in [6.45, 7) is 11.3. The highest BCUT2D eigenvalue weighted by Crippen LogP contribution is 2.36. The first-order chi connectivity index (χ1) is 14.5. The molecule has 2 aliphatic rings. The number of hydrogen-bond acceptors (Lipinski definition) is 4. The van der Waals surface area contributed by atoms with Gasteiger partial charge in [0.1, 0.15) is 11.4 Å². The van der Waals surface area contributed by atoms with Crippen molar-refractivity contribution < 1.29 is 14.3 Å². The van der Waals surface area contributed by atoms with Crippen molar-refractivity contribution in [2.45, 2.75) is 71.3 Å². The number of carbonyl (C=O) groups is 1. The number of benzene rings is 1. The molecule has 1 N–H and O–H groups in total. The van der Waals surface area contributed by atoms with Gasteiger partial charge in [0.15, 0.2) is 0 Å². The molecule has 3 atom stereocenters. The predicted molar refractivity (Wildman–Crippen MR) is 122 cm³/mol. The highest BCUT2D eigenvalue weighted by molar-refractivity contribution is 5.97. The standard InChI is InChI=1S/C25H40N2O3/c1-4-30-25(14-5-8-20(2)18-25)24(28)26-22-10-12-23(13-11-22)29-17-7-16-27-15-6-9-21(3)19-27/h10-13,20-21H,4-9,14-19H2,1-3H3,(H,26,28)/t20-,21+,25-/m1/s1. The Morgan fingerprint density at radius 2 is 1.93 bits per heavy atom. The maximum absolute atomic E-state index is 13.0. The van der Waals surface area contributed by atoms with Crippen LogP contribution in [0.25, 0.3) is 0 Å². The number of nitrogens with zero attached hydrogens (tertiary/aromatic N) is 1. The van der Waals surface area contributed by atoms with Crippen LogP contribution in [0.1, 0.15) is 65.7 Å². The zero-order valence-electron chi connectivity index (χ0n) is 19.1. The number of ether oxygens (including phenoxy) is 2. The molecule has 1 heterocycles. The van der Waals surface area contributed by atoms with E-state index in [2.05, 4.69) is 24.1 Å². The maximum atomic E-state index is 13.0. The Balaban J connectivity index is 1.45. The number of likely N-dealkylation sites (tertiary alicyclic amines) is 1. The summed E-state index contributed by atoms with van der Waals surface area (Å²) in [6.07, 6.45) is 7.53. The molecule has 1 aromatic rings. The van der Waals surface area contributed by atoms with Gasteiger partial charge in [0.25, 0.3) is 5.91 Å². The van der Waals surface area contributed by atoms with Crippen LogP contribution in [0.4, 0.5) is 5.69 Å². The lowest BCUT2D eigenvalue weighted by atomic mass is 9.78. The van der Waals surface area contributed by atoms with Crippen molar-refractivity contribution in [1.29, 1.82) is 0 Å². The van der Waals surface area contributed by atoms with Crippen LogP contribution in [0.2, 0.25) is 0 Å². The number of amides is 1. The van der Waals surface area contributed by atoms with Crippen LogP contribution in [0.15, 0.2) is 24.3 Å². The molecule has 2 fully saturated rings. The molecule has 5 nitrogen and oxygen atoms in total. The lowest BCUT2D eigenvalue weighted by molar-refractivity contribution is -0.147. The van der Waals surface area contributed by atoms with E-state index in [9.17, 15) is 4.79 Å². The van der Waals surface area contributed by atoms with Crippen LogP contribution in [0.5, 0.6) is 5.75 Å². The van der Waals surface area contributed by atoms with Crippen molar-refractivity contribution >= 4 is 11.6 Å². The van der Waals surface area contributed by atoms with E-state index in [1.807, 2.05) is 31.2 Å². The summed E-state index contributed by atoms with van der Waals surface area (Å²) in [5.74, 6) is 2.17. The smallest absolute Gasteiger partial charge is 0.256 e. The molecule has 0 unspecified atom stereocenters. The van der Waals surface area contributed by atoms with Gasteiger partial charge in [-0.15, -0.1) is 0 Å². The van der Waals surface area contributed by atoms with Gasteiger partial charge in [-0.25, -0.2) is 0 Å². The van der Waals surface area contributed by atoms with E-state index in [0.717, 1.165) is 56.2 Å². The molecule has 1 aliphatic carbocycles. The second-order valence-electron chi connectivity index (χ2n) is 9.36. The lowest BCUT2D eigenvalue weighted by Crippen LogP contribution is -2.48. The van der Waals surface area contributed by atoms with Crippen molar-refractivity contribution in [2.75, 3.05) is 38.2 Å². The molecule has 1 aromatic carbocycles. The molecule has 0 bridgehead atoms. The average molecular weight is 417 g/mol. The van der Waals surface area contributed by atoms with Crippen molar-refractivity contribution in [3.8, 4) is 5.75 Å². The minimum Gasteiger partial charge on any atom is -0.494 e. The molecule has 1 saturated carbocycles. The van der Waals surface area contributed by atoms with Crippen LogP contribution < -0.4 is 10.1 Å². The van der Waals surface area contributed by atoms with Crippen LogP contribution in [-0.4, -0.2) is 49.3 Å². The fourth-order valence-corrected chi connectivity index (χ4v) is 5.03. The van der Waals surface area contributed by atoms with E-state index in [4.69, 9.17) is 9.47 Å². The number of rotatable bonds is 9. The summed E-state index contributed by atoms with van der Waals surface area (Å²) in [6, 6.07) is 7.72. The molecule has 1 aliphatic heterocycles. The topological polar surface area (TPSA) is 50.8 Å². The Kier molecular flexibility index (Phi) is 8.58. The molecule has 5 heteroatoms. The highest BCUT2D eigenvalue weighted by Gasteiger charge is 2.42. The quantitative estimate of drug-likeness (QED) is 0.568. The second-order valence-corrected chi connectivity index (χ2v) is 9.36. The fourth-order valence-electron chi connectivity index (χ4n) is 5.03. The molecule has 3 rings (SSSR count). The van der Waals surface area contributed by atoms with Crippen molar-refractivity contribution in [3.63, 3.8) is 0 Å². The van der Waals surface area contributed by atoms with Crippen LogP contribution in [-0.2, 0) is 9.53 Å². The third-order valence-corrected chi connectivity index (χ3v) is 6.53. The summed E-state index contributed by atoms with van der Waals surface area (Å²) in [5.41, 5.74) is 0.111. The largest absolute Gasteiger partial charge is 0.494 e. The van der Waals surface area contributed by atoms with Crippen LogP contribution in [0, 0.1) is 11.8 Å². The van der Waals surface area contributed by atoms with Gasteiger partial charge in [-0.3, -0.25) is 4.79 Å². The summed E-state index contributed by atoms with van der Waals surface area (Å²) in [5, 5.41) is 3.07. The Labute approximate surface area is 182 Å². The third kappa shape index (κ3) is 6.45. The average Bonchev–Trinajstić information content (AvgIpc) is 2.73. The van der Waals surface area contributed by atoms with E-state index in [1.54, 1.807) is 0 Å². The minimum absolute atomic E-state index is 0.0136. The molecule has 168 valence electrons. The van der Waals surface area contributed by atoms with Gasteiger partial charge in [0, 0.05) is 25.4 Å². The van der Waals surface area contributed by atoms with Gasteiger partial charge < -0.3 is 19.7 Å². The van der Waals surface area contributed by atoms with Crippen molar-refractivity contribution in [3.05, 3.63) is 24.3 Å². The number of nitrogens with one attached hydrogen (secondary N) is 1. The monoisotopic (exact) mass is 416 g/mol. The molecular weight excluding hydrogens is 376 g/mol. The normalized spacial score (nSPS) is 27.6. The van der Waals surface area contributed by atoms with E-state index in [1.165, 1.54) is 32.4 Å². The lowest BCUT2D eigenvalue weighted by Gasteiger charge is -2.38. The van der Waals surface area contributed by atoms with Gasteiger partial charge >= 0.3 is 0 Å². The van der Waals surface area contributed by atoms with Crippen molar-refractivity contribution in [1.82, 2.24) is 4.90 Å². The first-order valence-corrected chi connectivity index (χ1v) is 11.9. The molecular formula is C25H40N2O3. The zero-order valence-corrected chi connectivity index (χ0v) is 19.1. The molecule has 30 heavy (non-hydrogen) atoms. The zero-order chi connectivity index (χ0) is 21.4. The van der Waals surface area contributed by atoms with Crippen molar-refractivity contribution in [2.24, 2.45) is 11.8 Å². The van der Waals surface area contributed by atoms with E-state index < -0.39 is 5.60 Å². The molecule has 0 radical (unpaired) electrons. The Bertz CT molecular complexity index is 659. The molecule has 0 aromatic heterocycles. The Hall–Kier alpha value is -1.59. The fraction of sp³-hybridized carbons (Fsp3) is 0.720. The molecule has 1 amide bonds. The third-order valence-electron chi connectivity index (χ3n) is 6.53. The second kappa shape index (κ2) is 11.1. The number of hydrogen-bond donors (Lipinski definition) is 1. The number of carbonyl (C=O) groups excluding carboxylic acids is 1. The number of piperidine rings is 1.